The minimum absolute atomic E-state index is 0.198. The van der Waals surface area contributed by atoms with Gasteiger partial charge < -0.3 is 10.4 Å². The van der Waals surface area contributed by atoms with Gasteiger partial charge in [-0.05, 0) is 32.9 Å². The maximum Gasteiger partial charge on any atom is 0.255 e. The molecule has 0 atom stereocenters. The molecule has 1 amide bonds. The maximum absolute atomic E-state index is 12.4. The van der Waals surface area contributed by atoms with Crippen molar-refractivity contribution >= 4 is 17.7 Å². The summed E-state index contributed by atoms with van der Waals surface area (Å²) in [5, 5.41) is 14.0. The van der Waals surface area contributed by atoms with Gasteiger partial charge in [-0.25, -0.2) is 9.97 Å². The molecule has 1 aromatic heterocycles. The van der Waals surface area contributed by atoms with Crippen molar-refractivity contribution in [2.24, 2.45) is 0 Å². The van der Waals surface area contributed by atoms with Gasteiger partial charge in [-0.15, -0.1) is 11.8 Å². The second-order valence-corrected chi connectivity index (χ2v) is 6.50. The van der Waals surface area contributed by atoms with Gasteiger partial charge in [0.2, 0.25) is 0 Å². The minimum atomic E-state index is -0.757. The highest BCUT2D eigenvalue weighted by Gasteiger charge is 2.30. The number of carbonyl (C=O) groups is 1. The molecule has 5 nitrogen and oxygen atoms in total. The van der Waals surface area contributed by atoms with E-state index in [1.807, 2.05) is 20.1 Å². The minimum Gasteiger partial charge on any atom is -0.388 e. The molecule has 0 aliphatic heterocycles. The Labute approximate surface area is 130 Å². The van der Waals surface area contributed by atoms with E-state index < -0.39 is 5.60 Å². The lowest BCUT2D eigenvalue weighted by Gasteiger charge is -2.32. The second-order valence-electron chi connectivity index (χ2n) is 5.71. The number of rotatable bonds is 4. The average molecular weight is 309 g/mol. The van der Waals surface area contributed by atoms with E-state index in [2.05, 4.69) is 15.3 Å². The first-order chi connectivity index (χ1) is 9.95. The Bertz CT molecular complexity index is 528. The van der Waals surface area contributed by atoms with Crippen molar-refractivity contribution in [1.29, 1.82) is 0 Å². The van der Waals surface area contributed by atoms with Gasteiger partial charge in [0.15, 0.2) is 0 Å². The van der Waals surface area contributed by atoms with Gasteiger partial charge >= 0.3 is 0 Å². The number of nitrogens with zero attached hydrogens (tertiary/aromatic N) is 2. The molecule has 6 heteroatoms. The standard InChI is InChI=1S/C15H23N3O2S/c1-10-12(14(21-3)18-11(2)17-10)13(19)16-9-15(20)7-5-4-6-8-15/h20H,4-9H2,1-3H3,(H,16,19). The van der Waals surface area contributed by atoms with Crippen LogP contribution in [-0.4, -0.2) is 39.4 Å². The zero-order valence-corrected chi connectivity index (χ0v) is 13.7. The molecular weight excluding hydrogens is 286 g/mol. The monoisotopic (exact) mass is 309 g/mol. The number of aliphatic hydroxyl groups is 1. The Kier molecular flexibility index (Phi) is 5.22. The highest BCUT2D eigenvalue weighted by molar-refractivity contribution is 7.98. The summed E-state index contributed by atoms with van der Waals surface area (Å²) in [6.07, 6.45) is 6.62. The summed E-state index contributed by atoms with van der Waals surface area (Å²) in [5.74, 6) is 0.468. The number of aromatic nitrogens is 2. The topological polar surface area (TPSA) is 75.1 Å². The fourth-order valence-corrected chi connectivity index (χ4v) is 3.48. The molecule has 0 aromatic carbocycles. The first-order valence-electron chi connectivity index (χ1n) is 7.35. The van der Waals surface area contributed by atoms with Crippen LogP contribution in [0.1, 0.15) is 54.0 Å². The Morgan fingerprint density at radius 3 is 2.57 bits per heavy atom. The molecule has 1 fully saturated rings. The van der Waals surface area contributed by atoms with Gasteiger partial charge in [-0.3, -0.25) is 4.79 Å². The normalized spacial score (nSPS) is 17.5. The third-order valence-corrected chi connectivity index (χ3v) is 4.63. The zero-order valence-electron chi connectivity index (χ0n) is 12.9. The van der Waals surface area contributed by atoms with Crippen LogP contribution in [0.3, 0.4) is 0 Å². The molecule has 0 spiro atoms. The summed E-state index contributed by atoms with van der Waals surface area (Å²) in [6.45, 7) is 3.94. The van der Waals surface area contributed by atoms with Crippen molar-refractivity contribution in [1.82, 2.24) is 15.3 Å². The van der Waals surface area contributed by atoms with Crippen LogP contribution >= 0.6 is 11.8 Å². The smallest absolute Gasteiger partial charge is 0.255 e. The van der Waals surface area contributed by atoms with E-state index in [4.69, 9.17) is 0 Å². The van der Waals surface area contributed by atoms with E-state index in [1.165, 1.54) is 11.8 Å². The predicted octanol–water partition coefficient (Wildman–Crippen LogP) is 2.24. The SMILES string of the molecule is CSc1nc(C)nc(C)c1C(=O)NCC1(O)CCCCC1. The van der Waals surface area contributed by atoms with E-state index >= 15 is 0 Å². The van der Waals surface area contributed by atoms with Crippen molar-refractivity contribution in [2.45, 2.75) is 56.6 Å². The summed E-state index contributed by atoms with van der Waals surface area (Å²) >= 11 is 1.44. The van der Waals surface area contributed by atoms with Crippen molar-refractivity contribution in [2.75, 3.05) is 12.8 Å². The van der Waals surface area contributed by atoms with Crippen molar-refractivity contribution in [3.63, 3.8) is 0 Å². The van der Waals surface area contributed by atoms with Gasteiger partial charge in [0.1, 0.15) is 10.9 Å². The highest BCUT2D eigenvalue weighted by atomic mass is 32.2. The fourth-order valence-electron chi connectivity index (χ4n) is 2.81. The summed E-state index contributed by atoms with van der Waals surface area (Å²) in [5.41, 5.74) is 0.444. The van der Waals surface area contributed by atoms with Crippen LogP contribution in [0.2, 0.25) is 0 Å². The van der Waals surface area contributed by atoms with E-state index in [9.17, 15) is 9.90 Å². The largest absolute Gasteiger partial charge is 0.388 e. The van der Waals surface area contributed by atoms with E-state index in [0.29, 0.717) is 28.7 Å². The van der Waals surface area contributed by atoms with Gasteiger partial charge in [0.05, 0.1) is 16.9 Å². The second kappa shape index (κ2) is 6.75. The zero-order chi connectivity index (χ0) is 15.5. The van der Waals surface area contributed by atoms with Gasteiger partial charge in [-0.1, -0.05) is 19.3 Å². The quantitative estimate of drug-likeness (QED) is 0.659. The third-order valence-electron chi connectivity index (χ3n) is 3.95. The highest BCUT2D eigenvalue weighted by Crippen LogP contribution is 2.27. The molecule has 0 saturated heterocycles. The van der Waals surface area contributed by atoms with E-state index in [-0.39, 0.29) is 5.91 Å². The first-order valence-corrected chi connectivity index (χ1v) is 8.57. The van der Waals surface area contributed by atoms with Crippen LogP contribution in [0.25, 0.3) is 0 Å². The Hall–Kier alpha value is -1.14. The molecule has 1 aliphatic carbocycles. The molecule has 0 unspecified atom stereocenters. The van der Waals surface area contributed by atoms with Crippen LogP contribution in [-0.2, 0) is 0 Å². The molecule has 1 aromatic rings. The number of hydrogen-bond acceptors (Lipinski definition) is 5. The lowest BCUT2D eigenvalue weighted by Crippen LogP contribution is -2.44. The number of amides is 1. The van der Waals surface area contributed by atoms with Crippen LogP contribution in [0.5, 0.6) is 0 Å². The van der Waals surface area contributed by atoms with Gasteiger partial charge in [0.25, 0.3) is 5.91 Å². The molecular formula is C15H23N3O2S. The number of aryl methyl sites for hydroxylation is 2. The maximum atomic E-state index is 12.4. The van der Waals surface area contributed by atoms with Crippen LogP contribution < -0.4 is 5.32 Å². The van der Waals surface area contributed by atoms with Crippen molar-refractivity contribution < 1.29 is 9.90 Å². The molecule has 116 valence electrons. The molecule has 0 bridgehead atoms. The van der Waals surface area contributed by atoms with Crippen LogP contribution in [0.15, 0.2) is 5.03 Å². The van der Waals surface area contributed by atoms with Crippen LogP contribution in [0.4, 0.5) is 0 Å². The third kappa shape index (κ3) is 3.95. The Morgan fingerprint density at radius 1 is 1.29 bits per heavy atom. The Balaban J connectivity index is 2.10. The van der Waals surface area contributed by atoms with E-state index in [1.54, 1.807) is 0 Å². The number of thioether (sulfide) groups is 1. The summed E-state index contributed by atoms with van der Waals surface area (Å²) in [6, 6.07) is 0. The summed E-state index contributed by atoms with van der Waals surface area (Å²) < 4.78 is 0. The molecule has 21 heavy (non-hydrogen) atoms. The van der Waals surface area contributed by atoms with Crippen molar-refractivity contribution in [3.8, 4) is 0 Å². The average Bonchev–Trinajstić information content (AvgIpc) is 2.45. The van der Waals surface area contributed by atoms with Gasteiger partial charge in [0, 0.05) is 6.54 Å². The molecule has 0 radical (unpaired) electrons. The fraction of sp³-hybridized carbons (Fsp3) is 0.667. The lowest BCUT2D eigenvalue weighted by molar-refractivity contribution is 0.00520. The lowest BCUT2D eigenvalue weighted by atomic mass is 9.85. The molecule has 2 rings (SSSR count). The van der Waals surface area contributed by atoms with Gasteiger partial charge in [-0.2, -0.15) is 0 Å². The molecule has 1 aliphatic rings. The number of hydrogen-bond donors (Lipinski definition) is 2. The van der Waals surface area contributed by atoms with Crippen LogP contribution in [0, 0.1) is 13.8 Å². The summed E-state index contributed by atoms with van der Waals surface area (Å²) in [4.78, 5) is 21.0. The Morgan fingerprint density at radius 2 is 1.95 bits per heavy atom. The first kappa shape index (κ1) is 16.2. The number of carbonyl (C=O) groups excluding carboxylic acids is 1. The number of nitrogens with one attached hydrogen (secondary N) is 1. The van der Waals surface area contributed by atoms with Crippen molar-refractivity contribution in [3.05, 3.63) is 17.1 Å². The molecule has 1 heterocycles. The molecule has 2 N–H and O–H groups in total. The van der Waals surface area contributed by atoms with E-state index in [0.717, 1.165) is 32.1 Å². The predicted molar refractivity (Wildman–Crippen MR) is 83.7 cm³/mol. The molecule has 1 saturated carbocycles. The summed E-state index contributed by atoms with van der Waals surface area (Å²) in [7, 11) is 0.